The van der Waals surface area contributed by atoms with E-state index in [9.17, 15) is 28.6 Å². The van der Waals surface area contributed by atoms with Crippen LogP contribution in [0.15, 0.2) is 82.1 Å². The van der Waals surface area contributed by atoms with Gasteiger partial charge >= 0.3 is 17.5 Å². The first-order valence-corrected chi connectivity index (χ1v) is 10.4. The molecule has 0 saturated heterocycles. The highest BCUT2D eigenvalue weighted by Crippen LogP contribution is 2.30. The maximum absolute atomic E-state index is 12.8. The van der Waals surface area contributed by atoms with Crippen LogP contribution in [0.4, 0.5) is 11.4 Å². The number of ether oxygens (including phenoxy) is 2. The molecule has 12 heteroatoms. The maximum atomic E-state index is 12.8. The minimum Gasteiger partial charge on any atom is -0.403 e. The molecule has 32 heavy (non-hydrogen) atoms. The van der Waals surface area contributed by atoms with Gasteiger partial charge in [0.2, 0.25) is 11.5 Å². The Hall–Kier alpha value is -4.32. The van der Waals surface area contributed by atoms with Crippen LogP contribution in [0.5, 0.6) is 11.5 Å². The molecule has 0 aliphatic carbocycles. The number of nitro benzene ring substituents is 2. The normalized spacial score (nSPS) is 10.8. The zero-order chi connectivity index (χ0) is 23.3. The lowest BCUT2D eigenvalue weighted by Crippen LogP contribution is -2.20. The lowest BCUT2D eigenvalue weighted by atomic mass is 10.2. The van der Waals surface area contributed by atoms with Gasteiger partial charge in [-0.15, -0.1) is 0 Å². The van der Waals surface area contributed by atoms with Crippen molar-refractivity contribution in [2.45, 2.75) is 11.8 Å². The van der Waals surface area contributed by atoms with E-state index in [0.29, 0.717) is 0 Å². The Balaban J connectivity index is 2.09. The Morgan fingerprint density at radius 2 is 1.22 bits per heavy atom. The molecule has 0 saturated carbocycles. The minimum atomic E-state index is -4.38. The largest absolute Gasteiger partial charge is 0.411 e. The summed E-state index contributed by atoms with van der Waals surface area (Å²) in [7, 11) is -4.38. The molecule has 0 spiro atoms. The van der Waals surface area contributed by atoms with E-state index in [2.05, 4.69) is 4.40 Å². The number of rotatable bonds is 6. The molecule has 0 N–H and O–H groups in total. The molecule has 0 heterocycles. The second-order valence-corrected chi connectivity index (χ2v) is 7.90. The first-order chi connectivity index (χ1) is 15.2. The van der Waals surface area contributed by atoms with Gasteiger partial charge in [0.15, 0.2) is 0 Å². The summed E-state index contributed by atoms with van der Waals surface area (Å²) in [6.07, 6.45) is -0.950. The monoisotopic (exact) mass is 457 g/mol. The molecule has 0 amide bonds. The summed E-state index contributed by atoms with van der Waals surface area (Å²) in [6.45, 7) is 1.76. The molecular weight excluding hydrogens is 442 g/mol. The number of nitrogens with zero attached hydrogens (tertiary/aromatic N) is 3. The van der Waals surface area contributed by atoms with E-state index >= 15 is 0 Å². The van der Waals surface area contributed by atoms with Crippen molar-refractivity contribution >= 4 is 27.5 Å². The summed E-state index contributed by atoms with van der Waals surface area (Å²) in [6, 6.07) is 16.0. The number of hydrogen-bond donors (Lipinski definition) is 0. The third kappa shape index (κ3) is 5.23. The van der Waals surface area contributed by atoms with Crippen molar-refractivity contribution in [1.29, 1.82) is 0 Å². The molecule has 0 aromatic heterocycles. The van der Waals surface area contributed by atoms with Gasteiger partial charge in [-0.05, 0) is 31.2 Å². The molecule has 0 aliphatic rings. The van der Waals surface area contributed by atoms with Gasteiger partial charge in [-0.25, -0.2) is 0 Å². The fourth-order valence-corrected chi connectivity index (χ4v) is 3.35. The molecular formula is C20H15N3O8S. The van der Waals surface area contributed by atoms with Crippen LogP contribution in [-0.2, 0) is 10.0 Å². The van der Waals surface area contributed by atoms with Crippen molar-refractivity contribution in [3.63, 3.8) is 0 Å². The van der Waals surface area contributed by atoms with Gasteiger partial charge in [0.05, 0.1) is 14.7 Å². The van der Waals surface area contributed by atoms with E-state index in [1.807, 2.05) is 0 Å². The van der Waals surface area contributed by atoms with E-state index in [-0.39, 0.29) is 16.4 Å². The molecule has 0 bridgehead atoms. The van der Waals surface area contributed by atoms with Gasteiger partial charge < -0.3 is 9.47 Å². The Morgan fingerprint density at radius 1 is 0.781 bits per heavy atom. The Labute approximate surface area is 181 Å². The first-order valence-electron chi connectivity index (χ1n) is 8.91. The number of aryl methyl sites for hydroxylation is 1. The van der Waals surface area contributed by atoms with Crippen LogP contribution in [0, 0.1) is 27.2 Å². The fourth-order valence-electron chi connectivity index (χ4n) is 2.50. The predicted molar refractivity (Wildman–Crippen MR) is 113 cm³/mol. The summed E-state index contributed by atoms with van der Waals surface area (Å²) in [4.78, 5) is 20.9. The average molecular weight is 457 g/mol. The van der Waals surface area contributed by atoms with Crippen LogP contribution in [0.25, 0.3) is 0 Å². The van der Waals surface area contributed by atoms with E-state index in [1.54, 1.807) is 19.1 Å². The number of benzene rings is 3. The number of para-hydroxylation sites is 4. The smallest absolute Gasteiger partial charge is 0.403 e. The quantitative estimate of drug-likeness (QED) is 0.233. The van der Waals surface area contributed by atoms with Crippen molar-refractivity contribution in [1.82, 2.24) is 0 Å². The Morgan fingerprint density at radius 3 is 1.66 bits per heavy atom. The first kappa shape index (κ1) is 22.4. The Kier molecular flexibility index (Phi) is 6.45. The highest BCUT2D eigenvalue weighted by Gasteiger charge is 2.24. The Bertz CT molecular complexity index is 1240. The van der Waals surface area contributed by atoms with Crippen molar-refractivity contribution < 1.29 is 27.7 Å². The number of nitro groups is 2. The van der Waals surface area contributed by atoms with Crippen LogP contribution in [0.2, 0.25) is 0 Å². The molecule has 3 aromatic carbocycles. The summed E-state index contributed by atoms with van der Waals surface area (Å²) in [5, 5.41) is 22.6. The number of sulfonamides is 1. The van der Waals surface area contributed by atoms with Gasteiger partial charge in [0, 0.05) is 12.1 Å². The highest BCUT2D eigenvalue weighted by molar-refractivity contribution is 7.90. The lowest BCUT2D eigenvalue weighted by Gasteiger charge is -2.10. The van der Waals surface area contributed by atoms with Crippen LogP contribution >= 0.6 is 0 Å². The molecule has 164 valence electrons. The van der Waals surface area contributed by atoms with Crippen LogP contribution in [0.3, 0.4) is 0 Å². The second kappa shape index (κ2) is 9.22. The van der Waals surface area contributed by atoms with Crippen LogP contribution in [-0.4, -0.2) is 24.3 Å². The molecule has 0 atom stereocenters. The topological polar surface area (TPSA) is 151 Å². The standard InChI is InChI=1S/C20H15N3O8S/c1-14-10-12-15(13-11-14)32(28,29)21-20(30-18-8-4-2-6-16(18)22(24)25)31-19-9-5-3-7-17(19)23(26)27/h2-13H,1H3. The summed E-state index contributed by atoms with van der Waals surface area (Å²) < 4.78 is 39.6. The predicted octanol–water partition coefficient (Wildman–Crippen LogP) is 4.01. The second-order valence-electron chi connectivity index (χ2n) is 6.30. The summed E-state index contributed by atoms with van der Waals surface area (Å²) in [5.74, 6) is -0.733. The molecule has 0 unspecified atom stereocenters. The zero-order valence-electron chi connectivity index (χ0n) is 16.4. The molecule has 0 aliphatic heterocycles. The van der Waals surface area contributed by atoms with Crippen molar-refractivity contribution in [2.75, 3.05) is 0 Å². The summed E-state index contributed by atoms with van der Waals surface area (Å²) >= 11 is 0. The van der Waals surface area contributed by atoms with E-state index < -0.39 is 37.3 Å². The van der Waals surface area contributed by atoms with Crippen molar-refractivity contribution in [2.24, 2.45) is 4.40 Å². The zero-order valence-corrected chi connectivity index (χ0v) is 17.3. The fraction of sp³-hybridized carbons (Fsp3) is 0.0500. The highest BCUT2D eigenvalue weighted by atomic mass is 32.2. The van der Waals surface area contributed by atoms with Crippen LogP contribution in [0.1, 0.15) is 5.56 Å². The van der Waals surface area contributed by atoms with E-state index in [4.69, 9.17) is 9.47 Å². The molecule has 11 nitrogen and oxygen atoms in total. The van der Waals surface area contributed by atoms with Gasteiger partial charge in [-0.3, -0.25) is 20.2 Å². The third-order valence-corrected chi connectivity index (χ3v) is 5.29. The lowest BCUT2D eigenvalue weighted by molar-refractivity contribution is -0.385. The van der Waals surface area contributed by atoms with E-state index in [1.165, 1.54) is 48.5 Å². The summed E-state index contributed by atoms with van der Waals surface area (Å²) in [5.41, 5.74) is -0.168. The van der Waals surface area contributed by atoms with Gasteiger partial charge in [-0.1, -0.05) is 46.4 Å². The number of hydrogen-bond acceptors (Lipinski definition) is 8. The van der Waals surface area contributed by atoms with Crippen LogP contribution < -0.4 is 9.47 Å². The average Bonchev–Trinajstić information content (AvgIpc) is 2.74. The van der Waals surface area contributed by atoms with Crippen molar-refractivity contribution in [3.8, 4) is 11.5 Å². The van der Waals surface area contributed by atoms with Gasteiger partial charge in [-0.2, -0.15) is 8.42 Å². The van der Waals surface area contributed by atoms with E-state index in [0.717, 1.165) is 17.7 Å². The third-order valence-electron chi connectivity index (χ3n) is 4.03. The van der Waals surface area contributed by atoms with Gasteiger partial charge in [0.25, 0.3) is 10.0 Å². The van der Waals surface area contributed by atoms with Gasteiger partial charge in [0.1, 0.15) is 0 Å². The van der Waals surface area contributed by atoms with Crippen molar-refractivity contribution in [3.05, 3.63) is 98.6 Å². The molecule has 0 fully saturated rings. The maximum Gasteiger partial charge on any atom is 0.411 e. The minimum absolute atomic E-state index is 0.196. The molecule has 0 radical (unpaired) electrons. The molecule has 3 rings (SSSR count). The molecule has 3 aromatic rings. The SMILES string of the molecule is Cc1ccc(S(=O)(=O)N=C(Oc2ccccc2[N+](=O)[O-])Oc2ccccc2[N+](=O)[O-])cc1.